The van der Waals surface area contributed by atoms with Crippen molar-refractivity contribution in [2.24, 2.45) is 21.1 Å². The van der Waals surface area contributed by atoms with E-state index in [-0.39, 0.29) is 11.3 Å². The third kappa shape index (κ3) is 2.49. The van der Waals surface area contributed by atoms with E-state index in [0.29, 0.717) is 11.5 Å². The first-order valence-electron chi connectivity index (χ1n) is 11.8. The number of imidazole rings is 2. The van der Waals surface area contributed by atoms with Crippen LogP contribution in [0.15, 0.2) is 36.5 Å². The molecule has 0 saturated carbocycles. The summed E-state index contributed by atoms with van der Waals surface area (Å²) in [5.41, 5.74) is 5.27. The van der Waals surface area contributed by atoms with Gasteiger partial charge >= 0.3 is 0 Å². The second-order valence-corrected chi connectivity index (χ2v) is 6.94. The van der Waals surface area contributed by atoms with E-state index in [9.17, 15) is 0 Å². The quantitative estimate of drug-likeness (QED) is 0.501. The van der Waals surface area contributed by atoms with Crippen molar-refractivity contribution in [3.05, 3.63) is 59.2 Å². The standard InChI is InChI=1S/C22H27N5/c1-14-11-12-24(5)20(13-14)18-9-8-10-19(25(18)6)21-17(4)27-16(3)15(2)23-22(27)26(21)7/h8-13H,1-7H3/q+2/i1D3,2D3. The Labute approximate surface area is 168 Å². The predicted octanol–water partition coefficient (Wildman–Crippen LogP) is 2.89. The van der Waals surface area contributed by atoms with Crippen LogP contribution < -0.4 is 9.13 Å². The van der Waals surface area contributed by atoms with Gasteiger partial charge in [-0.2, -0.15) is 9.13 Å². The summed E-state index contributed by atoms with van der Waals surface area (Å²) in [7, 11) is 5.69. The first kappa shape index (κ1) is 11.7. The molecule has 0 aliphatic heterocycles. The van der Waals surface area contributed by atoms with E-state index in [1.807, 2.05) is 64.4 Å². The molecule has 4 aromatic heterocycles. The minimum atomic E-state index is -2.28. The molecule has 4 rings (SSSR count). The van der Waals surface area contributed by atoms with Crippen molar-refractivity contribution in [2.75, 3.05) is 0 Å². The maximum absolute atomic E-state index is 7.78. The molecule has 138 valence electrons. The Morgan fingerprint density at radius 2 is 1.78 bits per heavy atom. The Balaban J connectivity index is 1.95. The van der Waals surface area contributed by atoms with E-state index in [2.05, 4.69) is 4.98 Å². The van der Waals surface area contributed by atoms with Crippen LogP contribution in [0.3, 0.4) is 0 Å². The molecule has 5 nitrogen and oxygen atoms in total. The van der Waals surface area contributed by atoms with Crippen molar-refractivity contribution in [3.63, 3.8) is 0 Å². The Kier molecular flexibility index (Phi) is 2.62. The highest BCUT2D eigenvalue weighted by molar-refractivity contribution is 5.63. The van der Waals surface area contributed by atoms with Crippen LogP contribution in [-0.4, -0.2) is 14.0 Å². The number of aryl methyl sites for hydroxylation is 6. The van der Waals surface area contributed by atoms with Gasteiger partial charge < -0.3 is 4.57 Å². The molecule has 0 saturated heterocycles. The lowest BCUT2D eigenvalue weighted by molar-refractivity contribution is -0.685. The molecule has 5 heteroatoms. The molecule has 0 radical (unpaired) electrons. The number of pyridine rings is 2. The SMILES string of the molecule is [2H]C([2H])([2H])c1cc[n+](C)c(-c2cccc(-c3c(C)n4c(C)c(C([2H])([2H])[2H])nc4n3C)[n+]2C)c1. The predicted molar refractivity (Wildman–Crippen MR) is 106 cm³/mol. The lowest BCUT2D eigenvalue weighted by Crippen LogP contribution is -2.40. The molecule has 0 aliphatic carbocycles. The lowest BCUT2D eigenvalue weighted by Gasteiger charge is -2.07. The zero-order chi connectivity index (χ0) is 24.5. The Morgan fingerprint density at radius 3 is 2.48 bits per heavy atom. The number of fused-ring (bicyclic) bond motifs is 1. The average Bonchev–Trinajstić information content (AvgIpc) is 3.17. The molecule has 0 unspecified atom stereocenters. The highest BCUT2D eigenvalue weighted by atomic mass is 15.2. The molecule has 0 aliphatic rings. The van der Waals surface area contributed by atoms with Gasteiger partial charge in [-0.05, 0) is 39.2 Å². The van der Waals surface area contributed by atoms with Crippen molar-refractivity contribution < 1.29 is 17.4 Å². The third-order valence-corrected chi connectivity index (χ3v) is 5.29. The van der Waals surface area contributed by atoms with E-state index in [1.54, 1.807) is 25.3 Å². The largest absolute Gasteiger partial charge is 0.308 e. The van der Waals surface area contributed by atoms with Gasteiger partial charge in [-0.15, -0.1) is 0 Å². The summed E-state index contributed by atoms with van der Waals surface area (Å²) in [6.45, 7) is -0.759. The van der Waals surface area contributed by atoms with Gasteiger partial charge in [0.1, 0.15) is 19.8 Å². The first-order valence-corrected chi connectivity index (χ1v) is 8.78. The summed E-state index contributed by atoms with van der Waals surface area (Å²) in [4.78, 5) is 4.44. The molecule has 0 bridgehead atoms. The molecule has 27 heavy (non-hydrogen) atoms. The Morgan fingerprint density at radius 1 is 1.00 bits per heavy atom. The van der Waals surface area contributed by atoms with Crippen LogP contribution in [0.4, 0.5) is 0 Å². The van der Waals surface area contributed by atoms with E-state index in [0.717, 1.165) is 28.5 Å². The van der Waals surface area contributed by atoms with Crippen LogP contribution in [0.2, 0.25) is 0 Å². The maximum Gasteiger partial charge on any atom is 0.277 e. The maximum atomic E-state index is 7.78. The molecular formula is C22H27N5+2. The smallest absolute Gasteiger partial charge is 0.277 e. The molecule has 0 spiro atoms. The molecular weight excluding hydrogens is 334 g/mol. The summed E-state index contributed by atoms with van der Waals surface area (Å²) in [5, 5.41) is 0. The third-order valence-electron chi connectivity index (χ3n) is 5.29. The summed E-state index contributed by atoms with van der Waals surface area (Å²) in [6, 6.07) is 9.18. The van der Waals surface area contributed by atoms with Gasteiger partial charge in [0.25, 0.3) is 11.4 Å². The molecule has 0 amide bonds. The van der Waals surface area contributed by atoms with Crippen LogP contribution >= 0.6 is 0 Å². The van der Waals surface area contributed by atoms with Gasteiger partial charge in [-0.25, -0.2) is 4.98 Å². The van der Waals surface area contributed by atoms with Crippen LogP contribution in [0.1, 0.15) is 30.9 Å². The van der Waals surface area contributed by atoms with E-state index < -0.39 is 13.7 Å². The number of nitrogens with zero attached hydrogens (tertiary/aromatic N) is 5. The monoisotopic (exact) mass is 367 g/mol. The minimum Gasteiger partial charge on any atom is -0.308 e. The van der Waals surface area contributed by atoms with Crippen LogP contribution in [0.5, 0.6) is 0 Å². The zero-order valence-corrected chi connectivity index (χ0v) is 16.2. The highest BCUT2D eigenvalue weighted by Gasteiger charge is 2.27. The molecule has 0 fully saturated rings. The number of rotatable bonds is 2. The van der Waals surface area contributed by atoms with Crippen molar-refractivity contribution in [1.29, 1.82) is 0 Å². The fraction of sp³-hybridized carbons (Fsp3) is 0.318. The van der Waals surface area contributed by atoms with E-state index in [1.165, 1.54) is 0 Å². The number of aromatic nitrogens is 5. The molecule has 4 aromatic rings. The number of hydrogen-bond donors (Lipinski definition) is 0. The van der Waals surface area contributed by atoms with Gasteiger partial charge in [0, 0.05) is 45.2 Å². The van der Waals surface area contributed by atoms with Gasteiger partial charge in [-0.1, -0.05) is 0 Å². The van der Waals surface area contributed by atoms with Gasteiger partial charge in [0.05, 0.1) is 11.4 Å². The molecule has 4 heterocycles. The van der Waals surface area contributed by atoms with Gasteiger partial charge in [-0.3, -0.25) is 4.40 Å². The zero-order valence-electron chi connectivity index (χ0n) is 22.2. The van der Waals surface area contributed by atoms with Crippen LogP contribution in [0.25, 0.3) is 28.6 Å². The normalized spacial score (nSPS) is 15.7. The fourth-order valence-electron chi connectivity index (χ4n) is 3.82. The second kappa shape index (κ2) is 6.05. The Bertz CT molecular complexity index is 1390. The summed E-state index contributed by atoms with van der Waals surface area (Å²) in [5.74, 6) is 0.562. The minimum absolute atomic E-state index is 0.106. The number of hydrogen-bond acceptors (Lipinski definition) is 1. The van der Waals surface area contributed by atoms with Crippen molar-refractivity contribution in [1.82, 2.24) is 14.0 Å². The van der Waals surface area contributed by atoms with E-state index in [4.69, 9.17) is 8.22 Å². The average molecular weight is 368 g/mol. The van der Waals surface area contributed by atoms with Crippen LogP contribution in [0, 0.1) is 27.6 Å². The lowest BCUT2D eigenvalue weighted by atomic mass is 10.1. The van der Waals surface area contributed by atoms with Crippen LogP contribution in [-0.2, 0) is 21.1 Å². The van der Waals surface area contributed by atoms with Crippen molar-refractivity contribution in [2.45, 2.75) is 27.6 Å². The summed E-state index contributed by atoms with van der Waals surface area (Å²) < 4.78 is 54.4. The van der Waals surface area contributed by atoms with Crippen molar-refractivity contribution >= 4 is 5.78 Å². The molecule has 0 aromatic carbocycles. The Hall–Kier alpha value is -2.95. The van der Waals surface area contributed by atoms with Gasteiger partial charge in [0.15, 0.2) is 6.20 Å². The fourth-order valence-corrected chi connectivity index (χ4v) is 3.82. The van der Waals surface area contributed by atoms with Crippen molar-refractivity contribution in [3.8, 4) is 22.8 Å². The molecule has 0 N–H and O–H groups in total. The first-order chi connectivity index (χ1) is 15.2. The van der Waals surface area contributed by atoms with Gasteiger partial charge in [0.2, 0.25) is 11.5 Å². The summed E-state index contributed by atoms with van der Waals surface area (Å²) in [6.07, 6.45) is 1.76. The topological polar surface area (TPSA) is 30.0 Å². The second-order valence-electron chi connectivity index (χ2n) is 6.94. The molecule has 0 atom stereocenters. The highest BCUT2D eigenvalue weighted by Crippen LogP contribution is 2.27. The van der Waals surface area contributed by atoms with E-state index >= 15 is 0 Å². The summed E-state index contributed by atoms with van der Waals surface area (Å²) >= 11 is 0.